The predicted molar refractivity (Wildman–Crippen MR) is 58.9 cm³/mol. The van der Waals surface area contributed by atoms with E-state index in [1.165, 1.54) is 12.1 Å². The van der Waals surface area contributed by atoms with E-state index in [2.05, 4.69) is 0 Å². The predicted octanol–water partition coefficient (Wildman–Crippen LogP) is 2.56. The highest BCUT2D eigenvalue weighted by Gasteiger charge is 2.07. The van der Waals surface area contributed by atoms with Crippen molar-refractivity contribution in [3.63, 3.8) is 0 Å². The highest BCUT2D eigenvalue weighted by atomic mass is 19.1. The minimum absolute atomic E-state index is 0.0414. The van der Waals surface area contributed by atoms with Crippen LogP contribution < -0.4 is 0 Å². The van der Waals surface area contributed by atoms with Crippen molar-refractivity contribution in [3.8, 4) is 0 Å². The maximum atomic E-state index is 13.1. The summed E-state index contributed by atoms with van der Waals surface area (Å²) in [6.45, 7) is 2.29. The lowest BCUT2D eigenvalue weighted by Crippen LogP contribution is -2.03. The number of aromatic nitrogens is 1. The van der Waals surface area contributed by atoms with Crippen LogP contribution in [0.1, 0.15) is 12.0 Å². The van der Waals surface area contributed by atoms with Crippen molar-refractivity contribution in [2.24, 2.45) is 0 Å². The summed E-state index contributed by atoms with van der Waals surface area (Å²) < 4.78 is 14.9. The number of aryl methyl sites for hydroxylation is 2. The van der Waals surface area contributed by atoms with Crippen molar-refractivity contribution in [1.82, 2.24) is 4.57 Å². The summed E-state index contributed by atoms with van der Waals surface area (Å²) in [5, 5.41) is 9.59. The molecule has 0 atom stereocenters. The molecule has 84 valence electrons. The molecule has 1 N–H and O–H groups in total. The van der Waals surface area contributed by atoms with E-state index in [4.69, 9.17) is 5.11 Å². The van der Waals surface area contributed by atoms with Gasteiger partial charge in [-0.3, -0.25) is 4.79 Å². The summed E-state index contributed by atoms with van der Waals surface area (Å²) in [6.07, 6.45) is 1.90. The van der Waals surface area contributed by atoms with Gasteiger partial charge in [-0.1, -0.05) is 0 Å². The third kappa shape index (κ3) is 1.91. The molecule has 0 aliphatic heterocycles. The zero-order valence-corrected chi connectivity index (χ0v) is 8.90. The fourth-order valence-electron chi connectivity index (χ4n) is 1.85. The van der Waals surface area contributed by atoms with Crippen molar-refractivity contribution in [2.75, 3.05) is 0 Å². The third-order valence-corrected chi connectivity index (χ3v) is 2.61. The number of fused-ring (bicyclic) bond motifs is 1. The van der Waals surface area contributed by atoms with Crippen LogP contribution in [0.2, 0.25) is 0 Å². The molecule has 1 aromatic heterocycles. The molecule has 0 saturated carbocycles. The molecule has 1 aromatic carbocycles. The van der Waals surface area contributed by atoms with Gasteiger partial charge in [-0.05, 0) is 30.7 Å². The second-order valence-electron chi connectivity index (χ2n) is 3.81. The van der Waals surface area contributed by atoms with Crippen LogP contribution in [-0.4, -0.2) is 15.6 Å². The van der Waals surface area contributed by atoms with E-state index in [-0.39, 0.29) is 12.2 Å². The zero-order chi connectivity index (χ0) is 11.7. The minimum Gasteiger partial charge on any atom is -0.481 e. The Hall–Kier alpha value is -1.84. The van der Waals surface area contributed by atoms with Gasteiger partial charge in [0.2, 0.25) is 0 Å². The summed E-state index contributed by atoms with van der Waals surface area (Å²) >= 11 is 0. The number of nitrogens with zero attached hydrogens (tertiary/aromatic N) is 1. The maximum Gasteiger partial charge on any atom is 0.305 e. The molecule has 0 spiro atoms. The van der Waals surface area contributed by atoms with Crippen molar-refractivity contribution >= 4 is 16.9 Å². The SMILES string of the molecule is Cc1cn(CCC(=O)O)c2cc(F)ccc12. The molecule has 1 heterocycles. The minimum atomic E-state index is -0.851. The van der Waals surface area contributed by atoms with Crippen LogP contribution in [0.3, 0.4) is 0 Å². The number of hydrogen-bond donors (Lipinski definition) is 1. The molecule has 0 amide bonds. The molecule has 3 nitrogen and oxygen atoms in total. The summed E-state index contributed by atoms with van der Waals surface area (Å²) in [5.74, 6) is -1.15. The number of carboxylic acid groups (broad SMARTS) is 1. The second-order valence-corrected chi connectivity index (χ2v) is 3.81. The van der Waals surface area contributed by atoms with Gasteiger partial charge in [0, 0.05) is 18.1 Å². The van der Waals surface area contributed by atoms with Crippen LogP contribution in [0.25, 0.3) is 10.9 Å². The second kappa shape index (κ2) is 3.96. The zero-order valence-electron chi connectivity index (χ0n) is 8.90. The van der Waals surface area contributed by atoms with Crippen molar-refractivity contribution in [1.29, 1.82) is 0 Å². The first-order valence-electron chi connectivity index (χ1n) is 5.05. The first-order chi connectivity index (χ1) is 7.58. The third-order valence-electron chi connectivity index (χ3n) is 2.61. The van der Waals surface area contributed by atoms with Gasteiger partial charge >= 0.3 is 5.97 Å². The van der Waals surface area contributed by atoms with Crippen molar-refractivity contribution < 1.29 is 14.3 Å². The molecule has 0 fully saturated rings. The van der Waals surface area contributed by atoms with Gasteiger partial charge in [0.15, 0.2) is 0 Å². The van der Waals surface area contributed by atoms with E-state index >= 15 is 0 Å². The van der Waals surface area contributed by atoms with E-state index in [9.17, 15) is 9.18 Å². The molecule has 0 unspecified atom stereocenters. The van der Waals surface area contributed by atoms with Gasteiger partial charge in [-0.2, -0.15) is 0 Å². The summed E-state index contributed by atoms with van der Waals surface area (Å²) in [6, 6.07) is 4.57. The summed E-state index contributed by atoms with van der Waals surface area (Å²) in [7, 11) is 0. The Bertz CT molecular complexity index is 545. The van der Waals surface area contributed by atoms with E-state index in [1.54, 1.807) is 10.6 Å². The van der Waals surface area contributed by atoms with Crippen molar-refractivity contribution in [2.45, 2.75) is 19.9 Å². The average Bonchev–Trinajstić information content (AvgIpc) is 2.52. The first kappa shape index (κ1) is 10.7. The quantitative estimate of drug-likeness (QED) is 0.865. The number of carbonyl (C=O) groups is 1. The Morgan fingerprint density at radius 2 is 2.25 bits per heavy atom. The molecule has 0 bridgehead atoms. The smallest absolute Gasteiger partial charge is 0.305 e. The molecular formula is C12H12FNO2. The lowest BCUT2D eigenvalue weighted by molar-refractivity contribution is -0.137. The molecule has 0 aliphatic rings. The van der Waals surface area contributed by atoms with Gasteiger partial charge in [-0.15, -0.1) is 0 Å². The number of halogens is 1. The summed E-state index contributed by atoms with van der Waals surface area (Å²) in [5.41, 5.74) is 1.78. The van der Waals surface area contributed by atoms with E-state index in [0.717, 1.165) is 16.5 Å². The Labute approximate surface area is 92.1 Å². The highest BCUT2D eigenvalue weighted by Crippen LogP contribution is 2.21. The highest BCUT2D eigenvalue weighted by molar-refractivity contribution is 5.83. The topological polar surface area (TPSA) is 42.2 Å². The molecule has 4 heteroatoms. The monoisotopic (exact) mass is 221 g/mol. The first-order valence-corrected chi connectivity index (χ1v) is 5.05. The normalized spacial score (nSPS) is 10.9. The number of rotatable bonds is 3. The van der Waals surface area contributed by atoms with Gasteiger partial charge < -0.3 is 9.67 Å². The maximum absolute atomic E-state index is 13.1. The standard InChI is InChI=1S/C12H12FNO2/c1-8-7-14(5-4-12(15)16)11-6-9(13)2-3-10(8)11/h2-3,6-7H,4-5H2,1H3,(H,15,16). The lowest BCUT2D eigenvalue weighted by atomic mass is 10.2. The van der Waals surface area contributed by atoms with Gasteiger partial charge in [-0.25, -0.2) is 4.39 Å². The Morgan fingerprint density at radius 1 is 1.50 bits per heavy atom. The Morgan fingerprint density at radius 3 is 2.94 bits per heavy atom. The van der Waals surface area contributed by atoms with Crippen LogP contribution in [0.15, 0.2) is 24.4 Å². The molecule has 0 radical (unpaired) electrons. The van der Waals surface area contributed by atoms with E-state index < -0.39 is 5.97 Å². The van der Waals surface area contributed by atoms with Crippen molar-refractivity contribution in [3.05, 3.63) is 35.8 Å². The molecule has 2 aromatic rings. The molecule has 2 rings (SSSR count). The Balaban J connectivity index is 2.44. The summed E-state index contributed by atoms with van der Waals surface area (Å²) in [4.78, 5) is 10.5. The van der Waals surface area contributed by atoms with Gasteiger partial charge in [0.25, 0.3) is 0 Å². The van der Waals surface area contributed by atoms with Crippen LogP contribution in [0, 0.1) is 12.7 Å². The number of carboxylic acids is 1. The molecular weight excluding hydrogens is 209 g/mol. The molecule has 16 heavy (non-hydrogen) atoms. The van der Waals surface area contributed by atoms with Gasteiger partial charge in [0.1, 0.15) is 5.82 Å². The van der Waals surface area contributed by atoms with Crippen LogP contribution in [0.5, 0.6) is 0 Å². The lowest BCUT2D eigenvalue weighted by Gasteiger charge is -2.02. The average molecular weight is 221 g/mol. The molecule has 0 aliphatic carbocycles. The number of benzene rings is 1. The van der Waals surface area contributed by atoms with E-state index in [0.29, 0.717) is 6.54 Å². The van der Waals surface area contributed by atoms with Crippen LogP contribution >= 0.6 is 0 Å². The van der Waals surface area contributed by atoms with E-state index in [1.807, 2.05) is 13.1 Å². The number of hydrogen-bond acceptors (Lipinski definition) is 1. The Kier molecular flexibility index (Phi) is 2.64. The largest absolute Gasteiger partial charge is 0.481 e. The van der Waals surface area contributed by atoms with Gasteiger partial charge in [0.05, 0.1) is 11.9 Å². The molecule has 0 saturated heterocycles. The van der Waals surface area contributed by atoms with Crippen LogP contribution in [-0.2, 0) is 11.3 Å². The fraction of sp³-hybridized carbons (Fsp3) is 0.250. The van der Waals surface area contributed by atoms with Crippen LogP contribution in [0.4, 0.5) is 4.39 Å². The number of aliphatic carboxylic acids is 1. The fourth-order valence-corrected chi connectivity index (χ4v) is 1.85.